The van der Waals surface area contributed by atoms with Crippen molar-refractivity contribution in [1.29, 1.82) is 0 Å². The Kier molecular flexibility index (Phi) is 2.67. The molecule has 0 saturated carbocycles. The van der Waals surface area contributed by atoms with Crippen LogP contribution in [0.1, 0.15) is 11.1 Å². The molecule has 88 valence electrons. The normalized spacial score (nSPS) is 10.7. The second kappa shape index (κ2) is 4.01. The Bertz CT molecular complexity index is 657. The Morgan fingerprint density at radius 2 is 2.18 bits per heavy atom. The van der Waals surface area contributed by atoms with Gasteiger partial charge in [-0.1, -0.05) is 0 Å². The van der Waals surface area contributed by atoms with Crippen molar-refractivity contribution >= 4 is 16.9 Å². The van der Waals surface area contributed by atoms with Gasteiger partial charge in [0.1, 0.15) is 11.4 Å². The average molecular weight is 236 g/mol. The van der Waals surface area contributed by atoms with Gasteiger partial charge in [-0.3, -0.25) is 4.79 Å². The maximum atomic E-state index is 13.1. The van der Waals surface area contributed by atoms with Crippen molar-refractivity contribution in [1.82, 2.24) is 0 Å². The molecule has 5 heteroatoms. The van der Waals surface area contributed by atoms with Gasteiger partial charge in [0.15, 0.2) is 0 Å². The number of hydrogen-bond acceptors (Lipinski definition) is 3. The number of hydrogen-bond donors (Lipinski definition) is 1. The topological polar surface area (TPSA) is 67.5 Å². The molecule has 0 aliphatic heterocycles. The molecule has 0 radical (unpaired) electrons. The molecule has 4 nitrogen and oxygen atoms in total. The fraction of sp³-hybridized carbons (Fsp3) is 0.167. The lowest BCUT2D eigenvalue weighted by Gasteiger charge is -2.05. The molecule has 0 spiro atoms. The van der Waals surface area contributed by atoms with Crippen LogP contribution in [0.2, 0.25) is 0 Å². The van der Waals surface area contributed by atoms with Gasteiger partial charge in [0.05, 0.1) is 12.0 Å². The summed E-state index contributed by atoms with van der Waals surface area (Å²) in [6, 6.07) is 3.75. The van der Waals surface area contributed by atoms with E-state index in [4.69, 9.17) is 9.52 Å². The minimum atomic E-state index is -1.13. The maximum Gasteiger partial charge on any atom is 0.340 e. The summed E-state index contributed by atoms with van der Waals surface area (Å²) < 4.78 is 18.0. The summed E-state index contributed by atoms with van der Waals surface area (Å²) in [6.45, 7) is 1.58. The summed E-state index contributed by atoms with van der Waals surface area (Å²) in [6.07, 6.45) is -0.430. The molecule has 2 aromatic rings. The van der Waals surface area contributed by atoms with Crippen molar-refractivity contribution in [3.05, 3.63) is 45.6 Å². The van der Waals surface area contributed by atoms with Crippen LogP contribution in [0.5, 0.6) is 0 Å². The van der Waals surface area contributed by atoms with Crippen LogP contribution < -0.4 is 5.63 Å². The molecule has 2 rings (SSSR count). The van der Waals surface area contributed by atoms with E-state index in [1.807, 2.05) is 0 Å². The third-order valence-corrected chi connectivity index (χ3v) is 2.58. The minimum Gasteiger partial charge on any atom is -0.481 e. The van der Waals surface area contributed by atoms with Crippen LogP contribution in [0.4, 0.5) is 4.39 Å². The first-order chi connectivity index (χ1) is 7.99. The molecule has 0 atom stereocenters. The van der Waals surface area contributed by atoms with Gasteiger partial charge in [-0.15, -0.1) is 0 Å². The van der Waals surface area contributed by atoms with Crippen molar-refractivity contribution in [2.24, 2.45) is 0 Å². The van der Waals surface area contributed by atoms with Crippen LogP contribution in [-0.2, 0) is 11.2 Å². The summed E-state index contributed by atoms with van der Waals surface area (Å²) in [7, 11) is 0. The highest BCUT2D eigenvalue weighted by Gasteiger charge is 2.14. The maximum absolute atomic E-state index is 13.1. The average Bonchev–Trinajstić information content (AvgIpc) is 2.25. The van der Waals surface area contributed by atoms with Crippen molar-refractivity contribution in [3.8, 4) is 0 Å². The highest BCUT2D eigenvalue weighted by atomic mass is 19.1. The monoisotopic (exact) mass is 236 g/mol. The third kappa shape index (κ3) is 2.04. The third-order valence-electron chi connectivity index (χ3n) is 2.58. The molecular weight excluding hydrogens is 227 g/mol. The highest BCUT2D eigenvalue weighted by Crippen LogP contribution is 2.20. The number of fused-ring (bicyclic) bond motifs is 1. The summed E-state index contributed by atoms with van der Waals surface area (Å²) in [4.78, 5) is 22.2. The Labute approximate surface area is 95.3 Å². The first kappa shape index (κ1) is 11.3. The van der Waals surface area contributed by atoms with E-state index in [0.717, 1.165) is 0 Å². The molecule has 0 aliphatic carbocycles. The van der Waals surface area contributed by atoms with Crippen molar-refractivity contribution in [2.75, 3.05) is 0 Å². The Balaban J connectivity index is 2.77. The predicted octanol–water partition coefficient (Wildman–Crippen LogP) is 1.87. The molecule has 0 amide bonds. The van der Waals surface area contributed by atoms with E-state index in [9.17, 15) is 14.0 Å². The highest BCUT2D eigenvalue weighted by molar-refractivity contribution is 5.82. The van der Waals surface area contributed by atoms with E-state index in [0.29, 0.717) is 10.9 Å². The Morgan fingerprint density at radius 1 is 1.47 bits per heavy atom. The van der Waals surface area contributed by atoms with Crippen LogP contribution in [0.15, 0.2) is 27.4 Å². The van der Waals surface area contributed by atoms with E-state index in [-0.39, 0.29) is 11.1 Å². The second-order valence-electron chi connectivity index (χ2n) is 3.70. The Morgan fingerprint density at radius 3 is 2.82 bits per heavy atom. The number of carboxylic acid groups (broad SMARTS) is 1. The predicted molar refractivity (Wildman–Crippen MR) is 58.5 cm³/mol. The van der Waals surface area contributed by atoms with E-state index >= 15 is 0 Å². The lowest BCUT2D eigenvalue weighted by atomic mass is 10.0. The zero-order chi connectivity index (χ0) is 12.6. The zero-order valence-corrected chi connectivity index (χ0v) is 8.99. The molecule has 1 heterocycles. The summed E-state index contributed by atoms with van der Waals surface area (Å²) >= 11 is 0. The summed E-state index contributed by atoms with van der Waals surface area (Å²) in [5.41, 5.74) is 0.0563. The summed E-state index contributed by atoms with van der Waals surface area (Å²) in [5.74, 6) is -1.59. The largest absolute Gasteiger partial charge is 0.481 e. The molecule has 1 aromatic carbocycles. The van der Waals surface area contributed by atoms with Gasteiger partial charge >= 0.3 is 11.6 Å². The van der Waals surface area contributed by atoms with Gasteiger partial charge in [0.25, 0.3) is 0 Å². The van der Waals surface area contributed by atoms with Gasteiger partial charge in [0.2, 0.25) is 0 Å². The van der Waals surface area contributed by atoms with E-state index in [1.165, 1.54) is 18.2 Å². The number of carbonyl (C=O) groups is 1. The van der Waals surface area contributed by atoms with E-state index < -0.39 is 23.8 Å². The Hall–Kier alpha value is -2.17. The van der Waals surface area contributed by atoms with E-state index in [2.05, 4.69) is 0 Å². The minimum absolute atomic E-state index is 0.0515. The van der Waals surface area contributed by atoms with Crippen LogP contribution in [0.3, 0.4) is 0 Å². The van der Waals surface area contributed by atoms with Crippen LogP contribution in [0.25, 0.3) is 11.0 Å². The molecule has 0 fully saturated rings. The van der Waals surface area contributed by atoms with Crippen LogP contribution in [0, 0.1) is 12.7 Å². The number of rotatable bonds is 2. The van der Waals surface area contributed by atoms with Gasteiger partial charge < -0.3 is 9.52 Å². The fourth-order valence-corrected chi connectivity index (χ4v) is 1.72. The SMILES string of the molecule is Cc1c(CC(=O)O)c(=O)oc2ccc(F)cc12. The molecule has 1 aromatic heterocycles. The molecule has 0 unspecified atom stereocenters. The quantitative estimate of drug-likeness (QED) is 0.808. The van der Waals surface area contributed by atoms with Crippen molar-refractivity contribution in [3.63, 3.8) is 0 Å². The van der Waals surface area contributed by atoms with Crippen molar-refractivity contribution in [2.45, 2.75) is 13.3 Å². The lowest BCUT2D eigenvalue weighted by Crippen LogP contribution is -2.14. The molecule has 0 saturated heterocycles. The molecular formula is C12H9FO4. The number of carboxylic acids is 1. The first-order valence-corrected chi connectivity index (χ1v) is 4.92. The van der Waals surface area contributed by atoms with Crippen LogP contribution in [-0.4, -0.2) is 11.1 Å². The first-order valence-electron chi connectivity index (χ1n) is 4.92. The van der Waals surface area contributed by atoms with Gasteiger partial charge in [-0.2, -0.15) is 0 Å². The zero-order valence-electron chi connectivity index (χ0n) is 8.99. The second-order valence-corrected chi connectivity index (χ2v) is 3.70. The number of benzene rings is 1. The molecule has 0 aliphatic rings. The van der Waals surface area contributed by atoms with E-state index in [1.54, 1.807) is 6.92 Å². The molecule has 1 N–H and O–H groups in total. The lowest BCUT2D eigenvalue weighted by molar-refractivity contribution is -0.136. The number of aryl methyl sites for hydroxylation is 1. The molecule has 0 bridgehead atoms. The van der Waals surface area contributed by atoms with Gasteiger partial charge in [-0.05, 0) is 30.7 Å². The molecule has 17 heavy (non-hydrogen) atoms. The fourth-order valence-electron chi connectivity index (χ4n) is 1.72. The van der Waals surface area contributed by atoms with Gasteiger partial charge in [-0.25, -0.2) is 9.18 Å². The smallest absolute Gasteiger partial charge is 0.340 e. The van der Waals surface area contributed by atoms with Crippen molar-refractivity contribution < 1.29 is 18.7 Å². The van der Waals surface area contributed by atoms with Crippen LogP contribution >= 0.6 is 0 Å². The summed E-state index contributed by atoms with van der Waals surface area (Å²) in [5, 5.41) is 9.11. The standard InChI is InChI=1S/C12H9FO4/c1-6-8-4-7(13)2-3-10(8)17-12(16)9(6)5-11(14)15/h2-4H,5H2,1H3,(H,14,15). The number of halogens is 1. The van der Waals surface area contributed by atoms with Gasteiger partial charge in [0, 0.05) is 5.39 Å². The number of aliphatic carboxylic acids is 1.